The summed E-state index contributed by atoms with van der Waals surface area (Å²) in [6.45, 7) is 3.51. The third-order valence-corrected chi connectivity index (χ3v) is 2.35. The van der Waals surface area contributed by atoms with Crippen LogP contribution in [0.5, 0.6) is 0 Å². The van der Waals surface area contributed by atoms with Crippen LogP contribution in [0.1, 0.15) is 18.7 Å². The number of anilines is 1. The average Bonchev–Trinajstić information content (AvgIpc) is 2.62. The number of thiazole rings is 1. The second-order valence-corrected chi connectivity index (χ2v) is 3.90. The Kier molecular flexibility index (Phi) is 4.65. The molecule has 0 aliphatic carbocycles. The molecule has 6 heteroatoms. The minimum Gasteiger partial charge on any atom is -0.463 e. The summed E-state index contributed by atoms with van der Waals surface area (Å²) in [5.41, 5.74) is 0. The molecule has 1 heterocycles. The first-order chi connectivity index (χ1) is 7.61. The van der Waals surface area contributed by atoms with E-state index in [1.54, 1.807) is 19.2 Å². The number of ether oxygens (including phenoxy) is 1. The molecule has 1 aromatic rings. The summed E-state index contributed by atoms with van der Waals surface area (Å²) in [6, 6.07) is 0. The molecule has 0 aliphatic heterocycles. The van der Waals surface area contributed by atoms with Crippen molar-refractivity contribution in [3.8, 4) is 0 Å². The highest BCUT2D eigenvalue weighted by molar-refractivity contribution is 7.16. The van der Waals surface area contributed by atoms with Crippen molar-refractivity contribution in [2.45, 2.75) is 13.8 Å². The molecule has 0 atom stereocenters. The number of amides is 1. The van der Waals surface area contributed by atoms with E-state index in [-0.39, 0.29) is 5.91 Å². The van der Waals surface area contributed by atoms with Crippen molar-refractivity contribution in [1.29, 1.82) is 0 Å². The van der Waals surface area contributed by atoms with Crippen LogP contribution in [0.4, 0.5) is 5.13 Å². The van der Waals surface area contributed by atoms with E-state index in [4.69, 9.17) is 4.74 Å². The number of hydrogen-bond acceptors (Lipinski definition) is 5. The minimum absolute atomic E-state index is 0.171. The van der Waals surface area contributed by atoms with Gasteiger partial charge in [-0.05, 0) is 13.0 Å². The summed E-state index contributed by atoms with van der Waals surface area (Å²) in [5.74, 6) is -0.563. The van der Waals surface area contributed by atoms with E-state index in [0.717, 1.165) is 4.88 Å². The van der Waals surface area contributed by atoms with Crippen LogP contribution in [0.15, 0.2) is 12.3 Å². The molecule has 0 saturated heterocycles. The highest BCUT2D eigenvalue weighted by Crippen LogP contribution is 2.19. The van der Waals surface area contributed by atoms with Crippen molar-refractivity contribution in [3.63, 3.8) is 0 Å². The fourth-order valence-electron chi connectivity index (χ4n) is 0.913. The van der Waals surface area contributed by atoms with E-state index in [0.29, 0.717) is 11.7 Å². The molecule has 16 heavy (non-hydrogen) atoms. The van der Waals surface area contributed by atoms with Gasteiger partial charge in [-0.3, -0.25) is 4.79 Å². The van der Waals surface area contributed by atoms with Gasteiger partial charge < -0.3 is 10.1 Å². The second-order valence-electron chi connectivity index (χ2n) is 2.83. The summed E-state index contributed by atoms with van der Waals surface area (Å²) in [6.07, 6.45) is 4.50. The van der Waals surface area contributed by atoms with E-state index in [1.165, 1.54) is 24.3 Å². The number of carbonyl (C=O) groups excluding carboxylic acids is 2. The molecule has 1 aromatic heterocycles. The molecule has 5 nitrogen and oxygen atoms in total. The van der Waals surface area contributed by atoms with E-state index in [1.807, 2.05) is 0 Å². The van der Waals surface area contributed by atoms with Crippen molar-refractivity contribution < 1.29 is 14.3 Å². The van der Waals surface area contributed by atoms with Crippen molar-refractivity contribution in [3.05, 3.63) is 17.2 Å². The fraction of sp³-hybridized carbons (Fsp3) is 0.300. The first-order valence-electron chi connectivity index (χ1n) is 4.70. The molecular weight excluding hydrogens is 228 g/mol. The zero-order valence-electron chi connectivity index (χ0n) is 9.02. The Morgan fingerprint density at radius 3 is 3.00 bits per heavy atom. The highest BCUT2D eigenvalue weighted by atomic mass is 32.1. The summed E-state index contributed by atoms with van der Waals surface area (Å²) in [5, 5.41) is 3.07. The SMILES string of the molecule is CCOC(=O)/C=C/c1cnc(NC(C)=O)s1. The van der Waals surface area contributed by atoms with Gasteiger partial charge in [0.25, 0.3) is 0 Å². The quantitative estimate of drug-likeness (QED) is 0.642. The Morgan fingerprint density at radius 2 is 2.38 bits per heavy atom. The van der Waals surface area contributed by atoms with Gasteiger partial charge in [0.15, 0.2) is 5.13 Å². The molecule has 0 spiro atoms. The van der Waals surface area contributed by atoms with Gasteiger partial charge in [0, 0.05) is 24.1 Å². The van der Waals surface area contributed by atoms with Crippen molar-refractivity contribution in [2.24, 2.45) is 0 Å². The molecule has 0 fully saturated rings. The van der Waals surface area contributed by atoms with Gasteiger partial charge in [-0.1, -0.05) is 11.3 Å². The highest BCUT2D eigenvalue weighted by Gasteiger charge is 2.01. The molecular formula is C10H12N2O3S. The van der Waals surface area contributed by atoms with Crippen LogP contribution in [-0.4, -0.2) is 23.5 Å². The van der Waals surface area contributed by atoms with E-state index >= 15 is 0 Å². The normalized spacial score (nSPS) is 10.4. The largest absolute Gasteiger partial charge is 0.463 e. The molecule has 1 N–H and O–H groups in total. The van der Waals surface area contributed by atoms with Crippen LogP contribution in [0.25, 0.3) is 6.08 Å². The molecule has 0 bridgehead atoms. The van der Waals surface area contributed by atoms with Gasteiger partial charge in [0.05, 0.1) is 6.61 Å². The first-order valence-corrected chi connectivity index (χ1v) is 5.51. The molecule has 0 radical (unpaired) electrons. The molecule has 1 rings (SSSR count). The van der Waals surface area contributed by atoms with Gasteiger partial charge in [-0.15, -0.1) is 0 Å². The topological polar surface area (TPSA) is 68.3 Å². The summed E-state index contributed by atoms with van der Waals surface area (Å²) >= 11 is 1.28. The maximum atomic E-state index is 11.0. The second kappa shape index (κ2) is 6.02. The van der Waals surface area contributed by atoms with Crippen LogP contribution < -0.4 is 5.32 Å². The van der Waals surface area contributed by atoms with E-state index < -0.39 is 5.97 Å². The Balaban J connectivity index is 2.58. The van der Waals surface area contributed by atoms with Crippen LogP contribution in [-0.2, 0) is 14.3 Å². The fourth-order valence-corrected chi connectivity index (χ4v) is 1.68. The number of carbonyl (C=O) groups is 2. The van der Waals surface area contributed by atoms with Crippen LogP contribution in [0.3, 0.4) is 0 Å². The van der Waals surface area contributed by atoms with Crippen LogP contribution in [0.2, 0.25) is 0 Å². The monoisotopic (exact) mass is 240 g/mol. The molecule has 0 unspecified atom stereocenters. The van der Waals surface area contributed by atoms with Gasteiger partial charge >= 0.3 is 5.97 Å². The zero-order chi connectivity index (χ0) is 12.0. The lowest BCUT2D eigenvalue weighted by Crippen LogP contribution is -2.04. The zero-order valence-corrected chi connectivity index (χ0v) is 9.84. The predicted octanol–water partition coefficient (Wildman–Crippen LogP) is 1.68. The van der Waals surface area contributed by atoms with E-state index in [9.17, 15) is 9.59 Å². The van der Waals surface area contributed by atoms with Gasteiger partial charge in [0.1, 0.15) is 0 Å². The molecule has 0 aromatic carbocycles. The van der Waals surface area contributed by atoms with Crippen LogP contribution >= 0.6 is 11.3 Å². The molecule has 1 amide bonds. The van der Waals surface area contributed by atoms with Gasteiger partial charge in [0.2, 0.25) is 5.91 Å². The van der Waals surface area contributed by atoms with Crippen LogP contribution in [0, 0.1) is 0 Å². The number of hydrogen-bond donors (Lipinski definition) is 1. The van der Waals surface area contributed by atoms with Crippen molar-refractivity contribution in [2.75, 3.05) is 11.9 Å². The summed E-state index contributed by atoms with van der Waals surface area (Å²) in [4.78, 5) is 26.5. The number of rotatable bonds is 4. The number of nitrogens with zero attached hydrogens (tertiary/aromatic N) is 1. The third-order valence-electron chi connectivity index (χ3n) is 1.48. The lowest BCUT2D eigenvalue weighted by molar-refractivity contribution is -0.137. The lowest BCUT2D eigenvalue weighted by atomic mass is 10.4. The average molecular weight is 240 g/mol. The van der Waals surface area contributed by atoms with Crippen molar-refractivity contribution >= 4 is 34.4 Å². The minimum atomic E-state index is -0.392. The van der Waals surface area contributed by atoms with Crippen molar-refractivity contribution in [1.82, 2.24) is 4.98 Å². The Morgan fingerprint density at radius 1 is 1.62 bits per heavy atom. The number of aromatic nitrogens is 1. The Hall–Kier alpha value is -1.69. The first kappa shape index (κ1) is 12.4. The summed E-state index contributed by atoms with van der Waals surface area (Å²) in [7, 11) is 0. The van der Waals surface area contributed by atoms with Gasteiger partial charge in [-0.25, -0.2) is 9.78 Å². The number of esters is 1. The molecule has 0 saturated carbocycles. The Labute approximate surface area is 97.1 Å². The standard InChI is InChI=1S/C10H12N2O3S/c1-3-15-9(14)5-4-8-6-11-10(16-8)12-7(2)13/h4-6H,3H2,1-2H3,(H,11,12,13)/b5-4+. The maximum Gasteiger partial charge on any atom is 0.330 e. The van der Waals surface area contributed by atoms with Gasteiger partial charge in [-0.2, -0.15) is 0 Å². The predicted molar refractivity (Wildman–Crippen MR) is 62.1 cm³/mol. The molecule has 86 valence electrons. The number of nitrogens with one attached hydrogen (secondary N) is 1. The summed E-state index contributed by atoms with van der Waals surface area (Å²) < 4.78 is 4.72. The Bertz CT molecular complexity index is 412. The molecule has 0 aliphatic rings. The van der Waals surface area contributed by atoms with E-state index in [2.05, 4.69) is 10.3 Å². The lowest BCUT2D eigenvalue weighted by Gasteiger charge is -1.93. The maximum absolute atomic E-state index is 11.0. The smallest absolute Gasteiger partial charge is 0.330 e. The third kappa shape index (κ3) is 4.22.